The van der Waals surface area contributed by atoms with Gasteiger partial charge in [-0.15, -0.1) is 11.3 Å². The van der Waals surface area contributed by atoms with Crippen molar-refractivity contribution in [2.45, 2.75) is 0 Å². The third-order valence-corrected chi connectivity index (χ3v) is 3.30. The molecule has 0 radical (unpaired) electrons. The SMILES string of the molecule is CN(C)CC[NH3+].O=C([O-])c1cc(Cl)c(Cl)s1. The van der Waals surface area contributed by atoms with Gasteiger partial charge in [-0.25, -0.2) is 0 Å². The van der Waals surface area contributed by atoms with Gasteiger partial charge in [-0.3, -0.25) is 0 Å². The molecule has 0 aliphatic rings. The lowest BCUT2D eigenvalue weighted by molar-refractivity contribution is -0.368. The molecule has 1 heterocycles. The van der Waals surface area contributed by atoms with E-state index in [9.17, 15) is 9.90 Å². The van der Waals surface area contributed by atoms with E-state index in [4.69, 9.17) is 23.2 Å². The summed E-state index contributed by atoms with van der Waals surface area (Å²) in [5.41, 5.74) is 3.68. The molecule has 0 saturated carbocycles. The molecule has 1 aromatic heterocycles. The Hall–Kier alpha value is -0.330. The maximum atomic E-state index is 10.1. The summed E-state index contributed by atoms with van der Waals surface area (Å²) in [7, 11) is 4.09. The monoisotopic (exact) mass is 284 g/mol. The number of likely N-dealkylation sites (N-methyl/N-ethyl adjacent to an activating group) is 1. The summed E-state index contributed by atoms with van der Waals surface area (Å²) in [4.78, 5) is 12.3. The molecule has 1 aromatic rings. The lowest BCUT2D eigenvalue weighted by Gasteiger charge is -2.02. The number of carboxylic acids is 1. The predicted molar refractivity (Wildman–Crippen MR) is 65.0 cm³/mol. The summed E-state index contributed by atoms with van der Waals surface area (Å²) in [5.74, 6) is -1.25. The molecular formula is C9H14Cl2N2O2S. The van der Waals surface area contributed by atoms with Crippen LogP contribution in [0.3, 0.4) is 0 Å². The van der Waals surface area contributed by atoms with E-state index in [1.54, 1.807) is 0 Å². The molecule has 0 saturated heterocycles. The Morgan fingerprint density at radius 2 is 2.12 bits per heavy atom. The summed E-state index contributed by atoms with van der Waals surface area (Å²) in [6, 6.07) is 1.27. The normalized spacial score (nSPS) is 9.88. The lowest BCUT2D eigenvalue weighted by atomic mass is 10.5. The van der Waals surface area contributed by atoms with Crippen LogP contribution in [0.2, 0.25) is 9.36 Å². The Morgan fingerprint density at radius 1 is 1.56 bits per heavy atom. The number of hydrogen-bond acceptors (Lipinski definition) is 4. The quantitative estimate of drug-likeness (QED) is 0.863. The number of thiophene rings is 1. The molecule has 0 unspecified atom stereocenters. The van der Waals surface area contributed by atoms with Crippen molar-refractivity contribution in [1.82, 2.24) is 4.90 Å². The van der Waals surface area contributed by atoms with Crippen molar-refractivity contribution in [1.29, 1.82) is 0 Å². The molecule has 1 rings (SSSR count). The predicted octanol–water partition coefficient (Wildman–Crippen LogP) is 0.208. The van der Waals surface area contributed by atoms with E-state index in [2.05, 4.69) is 10.6 Å². The second kappa shape index (κ2) is 7.86. The molecule has 16 heavy (non-hydrogen) atoms. The molecule has 0 amide bonds. The fourth-order valence-electron chi connectivity index (χ4n) is 0.763. The summed E-state index contributed by atoms with van der Waals surface area (Å²) in [6.07, 6.45) is 0. The second-order valence-corrected chi connectivity index (χ2v) is 5.24. The van der Waals surface area contributed by atoms with E-state index < -0.39 is 5.97 Å². The third-order valence-electron chi connectivity index (χ3n) is 1.45. The van der Waals surface area contributed by atoms with Gasteiger partial charge < -0.3 is 20.5 Å². The number of carbonyl (C=O) groups excluding carboxylic acids is 1. The zero-order chi connectivity index (χ0) is 12.7. The number of hydrogen-bond donors (Lipinski definition) is 1. The second-order valence-electron chi connectivity index (χ2n) is 3.18. The highest BCUT2D eigenvalue weighted by Gasteiger charge is 2.04. The molecule has 0 bridgehead atoms. The van der Waals surface area contributed by atoms with E-state index >= 15 is 0 Å². The molecule has 0 fully saturated rings. The van der Waals surface area contributed by atoms with Crippen molar-refractivity contribution in [3.8, 4) is 0 Å². The number of carboxylic acid groups (broad SMARTS) is 1. The highest BCUT2D eigenvalue weighted by Crippen LogP contribution is 2.30. The standard InChI is InChI=1S/C5H2Cl2O2S.C4H12N2/c6-2-1-3(5(8)9)10-4(2)7;1-6(2)4-3-5/h1H,(H,8,9);3-5H2,1-2H3. The molecule has 0 aliphatic heterocycles. The summed E-state index contributed by atoms with van der Waals surface area (Å²) >= 11 is 11.8. The van der Waals surface area contributed by atoms with Crippen LogP contribution in [-0.4, -0.2) is 38.1 Å². The van der Waals surface area contributed by atoms with Gasteiger partial charge in [0, 0.05) is 6.54 Å². The molecule has 0 atom stereocenters. The first kappa shape index (κ1) is 15.7. The smallest absolute Gasteiger partial charge is 0.112 e. The van der Waals surface area contributed by atoms with Crippen LogP contribution < -0.4 is 10.8 Å². The van der Waals surface area contributed by atoms with E-state index in [0.29, 0.717) is 0 Å². The van der Waals surface area contributed by atoms with Crippen molar-refractivity contribution in [3.63, 3.8) is 0 Å². The zero-order valence-corrected chi connectivity index (χ0v) is 11.5. The van der Waals surface area contributed by atoms with Crippen LogP contribution in [0.4, 0.5) is 0 Å². The molecule has 0 spiro atoms. The van der Waals surface area contributed by atoms with Gasteiger partial charge in [-0.2, -0.15) is 0 Å². The van der Waals surface area contributed by atoms with Crippen molar-refractivity contribution >= 4 is 40.5 Å². The van der Waals surface area contributed by atoms with E-state index in [1.165, 1.54) is 6.07 Å². The largest absolute Gasteiger partial charge is 0.544 e. The van der Waals surface area contributed by atoms with Gasteiger partial charge in [0.15, 0.2) is 0 Å². The van der Waals surface area contributed by atoms with Crippen molar-refractivity contribution in [2.75, 3.05) is 27.2 Å². The van der Waals surface area contributed by atoms with Crippen LogP contribution in [0, 0.1) is 0 Å². The number of quaternary nitrogens is 1. The number of halogens is 2. The van der Waals surface area contributed by atoms with Crippen LogP contribution in [0.15, 0.2) is 6.07 Å². The minimum absolute atomic E-state index is 0.0509. The Bertz CT molecular complexity index is 323. The fourth-order valence-corrected chi connectivity index (χ4v) is 1.97. The molecule has 0 aliphatic carbocycles. The lowest BCUT2D eigenvalue weighted by Crippen LogP contribution is -2.54. The molecule has 0 aromatic carbocycles. The van der Waals surface area contributed by atoms with Gasteiger partial charge in [-0.1, -0.05) is 23.2 Å². The van der Waals surface area contributed by atoms with Gasteiger partial charge in [-0.05, 0) is 20.2 Å². The molecule has 92 valence electrons. The maximum Gasteiger partial charge on any atom is 0.112 e. The Balaban J connectivity index is 0.000000325. The maximum absolute atomic E-state index is 10.1. The van der Waals surface area contributed by atoms with Crippen LogP contribution >= 0.6 is 34.5 Å². The van der Waals surface area contributed by atoms with Crippen LogP contribution in [0.1, 0.15) is 9.67 Å². The average Bonchev–Trinajstić information content (AvgIpc) is 2.48. The number of aromatic carboxylic acids is 1. The van der Waals surface area contributed by atoms with E-state index in [0.717, 1.165) is 24.4 Å². The van der Waals surface area contributed by atoms with Gasteiger partial charge in [0.1, 0.15) is 4.34 Å². The van der Waals surface area contributed by atoms with Gasteiger partial charge in [0.2, 0.25) is 0 Å². The van der Waals surface area contributed by atoms with Crippen molar-refractivity contribution in [2.24, 2.45) is 0 Å². The van der Waals surface area contributed by atoms with Gasteiger partial charge >= 0.3 is 0 Å². The first-order valence-electron chi connectivity index (χ1n) is 4.48. The van der Waals surface area contributed by atoms with Crippen LogP contribution in [-0.2, 0) is 0 Å². The minimum atomic E-state index is -1.25. The first-order chi connectivity index (χ1) is 7.38. The highest BCUT2D eigenvalue weighted by molar-refractivity contribution is 7.18. The van der Waals surface area contributed by atoms with Crippen molar-refractivity contribution < 1.29 is 15.6 Å². The van der Waals surface area contributed by atoms with Gasteiger partial charge in [0.05, 0.1) is 22.4 Å². The number of carbonyl (C=O) groups is 1. The van der Waals surface area contributed by atoms with E-state index in [-0.39, 0.29) is 14.2 Å². The highest BCUT2D eigenvalue weighted by atomic mass is 35.5. The van der Waals surface area contributed by atoms with Crippen LogP contribution in [0.25, 0.3) is 0 Å². The van der Waals surface area contributed by atoms with Crippen LogP contribution in [0.5, 0.6) is 0 Å². The fraction of sp³-hybridized carbons (Fsp3) is 0.444. The first-order valence-corrected chi connectivity index (χ1v) is 6.05. The Kier molecular flexibility index (Phi) is 7.70. The third kappa shape index (κ3) is 6.30. The zero-order valence-electron chi connectivity index (χ0n) is 9.13. The Morgan fingerprint density at radius 3 is 2.25 bits per heavy atom. The topological polar surface area (TPSA) is 71.0 Å². The number of rotatable bonds is 3. The molecule has 4 nitrogen and oxygen atoms in total. The summed E-state index contributed by atoms with van der Waals surface area (Å²) < 4.78 is 0.279. The molecular weight excluding hydrogens is 271 g/mol. The molecule has 3 N–H and O–H groups in total. The van der Waals surface area contributed by atoms with Crippen molar-refractivity contribution in [3.05, 3.63) is 20.3 Å². The Labute approximate surface area is 109 Å². The minimum Gasteiger partial charge on any atom is -0.544 e. The number of nitrogens with zero attached hydrogens (tertiary/aromatic N) is 1. The van der Waals surface area contributed by atoms with Gasteiger partial charge in [0.25, 0.3) is 0 Å². The summed E-state index contributed by atoms with van der Waals surface area (Å²) in [5, 5.41) is 10.4. The van der Waals surface area contributed by atoms with E-state index in [1.807, 2.05) is 14.1 Å². The molecule has 7 heteroatoms. The average molecular weight is 285 g/mol. The summed E-state index contributed by atoms with van der Waals surface area (Å²) in [6.45, 7) is 2.10.